The molecule has 1 aromatic carbocycles. The van der Waals surface area contributed by atoms with Gasteiger partial charge >= 0.3 is 0 Å². The van der Waals surface area contributed by atoms with Crippen LogP contribution in [0.3, 0.4) is 0 Å². The predicted molar refractivity (Wildman–Crippen MR) is 81.0 cm³/mol. The van der Waals surface area contributed by atoms with Crippen LogP contribution in [-0.4, -0.2) is 13.1 Å². The molecule has 19 heavy (non-hydrogen) atoms. The first-order valence-electron chi connectivity index (χ1n) is 7.54. The van der Waals surface area contributed by atoms with E-state index in [1.807, 2.05) is 13.1 Å². The van der Waals surface area contributed by atoms with Gasteiger partial charge in [0.05, 0.1) is 0 Å². The molecular weight excluding hydrogens is 237 g/mol. The van der Waals surface area contributed by atoms with Gasteiger partial charge in [0, 0.05) is 6.04 Å². The number of hydrogen-bond donors (Lipinski definition) is 1. The molecule has 1 atom stereocenters. The molecule has 1 aromatic rings. The van der Waals surface area contributed by atoms with E-state index in [1.165, 1.54) is 31.2 Å². The van der Waals surface area contributed by atoms with Crippen molar-refractivity contribution in [1.82, 2.24) is 5.32 Å². The third-order valence-electron chi connectivity index (χ3n) is 4.01. The highest BCUT2D eigenvalue weighted by molar-refractivity contribution is 5.27. The summed E-state index contributed by atoms with van der Waals surface area (Å²) >= 11 is 0. The van der Waals surface area contributed by atoms with Crippen molar-refractivity contribution in [2.45, 2.75) is 58.9 Å². The Morgan fingerprint density at radius 2 is 1.79 bits per heavy atom. The molecule has 0 fully saturated rings. The zero-order chi connectivity index (χ0) is 14.3. The van der Waals surface area contributed by atoms with Crippen LogP contribution in [0.2, 0.25) is 0 Å². The topological polar surface area (TPSA) is 12.0 Å². The van der Waals surface area contributed by atoms with Crippen molar-refractivity contribution in [2.24, 2.45) is 5.92 Å². The summed E-state index contributed by atoms with van der Waals surface area (Å²) in [6.07, 6.45) is 5.84. The van der Waals surface area contributed by atoms with E-state index in [2.05, 4.69) is 26.1 Å². The minimum absolute atomic E-state index is 0.127. The summed E-state index contributed by atoms with van der Waals surface area (Å²) < 4.78 is 13.4. The average Bonchev–Trinajstić information content (AvgIpc) is 2.39. The minimum atomic E-state index is -0.127. The summed E-state index contributed by atoms with van der Waals surface area (Å²) in [5.41, 5.74) is 2.32. The van der Waals surface area contributed by atoms with Gasteiger partial charge in [-0.2, -0.15) is 0 Å². The van der Waals surface area contributed by atoms with Crippen LogP contribution in [-0.2, 0) is 6.42 Å². The van der Waals surface area contributed by atoms with E-state index >= 15 is 0 Å². The number of aryl methyl sites for hydroxylation is 1. The zero-order valence-corrected chi connectivity index (χ0v) is 12.8. The van der Waals surface area contributed by atoms with Crippen LogP contribution >= 0.6 is 0 Å². The van der Waals surface area contributed by atoms with Gasteiger partial charge in [-0.3, -0.25) is 0 Å². The molecular formula is C17H28FN. The second kappa shape index (κ2) is 8.31. The molecule has 0 saturated carbocycles. The van der Waals surface area contributed by atoms with Crippen molar-refractivity contribution in [3.63, 3.8) is 0 Å². The molecule has 1 rings (SSSR count). The summed E-state index contributed by atoms with van der Waals surface area (Å²) in [6, 6.07) is 5.56. The Bertz CT molecular complexity index is 370. The Labute approximate surface area is 117 Å². The Balaban J connectivity index is 2.81. The van der Waals surface area contributed by atoms with Gasteiger partial charge in [-0.1, -0.05) is 32.8 Å². The monoisotopic (exact) mass is 265 g/mol. The lowest BCUT2D eigenvalue weighted by molar-refractivity contribution is 0.322. The molecule has 0 aliphatic carbocycles. The fourth-order valence-electron chi connectivity index (χ4n) is 2.89. The third-order valence-corrected chi connectivity index (χ3v) is 4.01. The lowest BCUT2D eigenvalue weighted by Crippen LogP contribution is -2.35. The van der Waals surface area contributed by atoms with Crippen molar-refractivity contribution in [3.8, 4) is 0 Å². The molecule has 1 nitrogen and oxygen atoms in total. The normalized spacial score (nSPS) is 12.9. The molecule has 0 bridgehead atoms. The van der Waals surface area contributed by atoms with Crippen molar-refractivity contribution in [1.29, 1.82) is 0 Å². The molecule has 0 saturated heterocycles. The van der Waals surface area contributed by atoms with E-state index in [1.54, 1.807) is 12.1 Å². The summed E-state index contributed by atoms with van der Waals surface area (Å²) in [4.78, 5) is 0. The summed E-state index contributed by atoms with van der Waals surface area (Å²) in [5.74, 6) is 0.556. The van der Waals surface area contributed by atoms with Gasteiger partial charge < -0.3 is 5.32 Å². The summed E-state index contributed by atoms with van der Waals surface area (Å²) in [7, 11) is 2.03. The van der Waals surface area contributed by atoms with Crippen molar-refractivity contribution < 1.29 is 4.39 Å². The summed E-state index contributed by atoms with van der Waals surface area (Å²) in [6.45, 7) is 6.54. The first-order valence-corrected chi connectivity index (χ1v) is 7.54. The molecule has 2 heteroatoms. The van der Waals surface area contributed by atoms with E-state index in [0.29, 0.717) is 12.0 Å². The van der Waals surface area contributed by atoms with Gasteiger partial charge in [0.1, 0.15) is 5.82 Å². The van der Waals surface area contributed by atoms with E-state index in [0.717, 1.165) is 12.0 Å². The Morgan fingerprint density at radius 1 is 1.16 bits per heavy atom. The van der Waals surface area contributed by atoms with E-state index in [4.69, 9.17) is 0 Å². The van der Waals surface area contributed by atoms with Gasteiger partial charge in [-0.15, -0.1) is 0 Å². The molecule has 0 spiro atoms. The van der Waals surface area contributed by atoms with Crippen LogP contribution in [0.4, 0.5) is 4.39 Å². The first-order chi connectivity index (χ1) is 9.12. The third kappa shape index (κ3) is 4.94. The van der Waals surface area contributed by atoms with Crippen LogP contribution in [0.15, 0.2) is 18.2 Å². The van der Waals surface area contributed by atoms with Crippen LogP contribution in [0.25, 0.3) is 0 Å². The Morgan fingerprint density at radius 3 is 2.32 bits per heavy atom. The van der Waals surface area contributed by atoms with Crippen LogP contribution in [0, 0.1) is 18.7 Å². The number of likely N-dealkylation sites (N-methyl/N-ethyl adjacent to an activating group) is 1. The van der Waals surface area contributed by atoms with Gasteiger partial charge in [-0.25, -0.2) is 4.39 Å². The Hall–Kier alpha value is -0.890. The van der Waals surface area contributed by atoms with Gasteiger partial charge in [0.25, 0.3) is 0 Å². The quantitative estimate of drug-likeness (QED) is 0.730. The predicted octanol–water partition coefficient (Wildman–Crippen LogP) is 4.48. The lowest BCUT2D eigenvalue weighted by atomic mass is 9.86. The highest BCUT2D eigenvalue weighted by Crippen LogP contribution is 2.22. The number of hydrogen-bond acceptors (Lipinski definition) is 1. The maximum atomic E-state index is 13.4. The molecule has 0 amide bonds. The number of halogens is 1. The molecule has 1 unspecified atom stereocenters. The molecule has 0 aliphatic heterocycles. The largest absolute Gasteiger partial charge is 0.316 e. The highest BCUT2D eigenvalue weighted by Gasteiger charge is 2.19. The summed E-state index contributed by atoms with van der Waals surface area (Å²) in [5, 5.41) is 3.44. The average molecular weight is 265 g/mol. The maximum absolute atomic E-state index is 13.4. The standard InChI is InChI=1S/C17H28FN/c1-5-7-14(8-6-2)17(19-4)12-15-11-16(18)10-9-13(15)3/h9-11,14,17,19H,5-8,12H2,1-4H3. The van der Waals surface area contributed by atoms with Crippen LogP contribution < -0.4 is 5.32 Å². The highest BCUT2D eigenvalue weighted by atomic mass is 19.1. The van der Waals surface area contributed by atoms with Gasteiger partial charge in [0.2, 0.25) is 0 Å². The Kier molecular flexibility index (Phi) is 7.07. The first kappa shape index (κ1) is 16.2. The van der Waals surface area contributed by atoms with Gasteiger partial charge in [0.15, 0.2) is 0 Å². The minimum Gasteiger partial charge on any atom is -0.316 e. The van der Waals surface area contributed by atoms with Crippen molar-refractivity contribution in [3.05, 3.63) is 35.1 Å². The maximum Gasteiger partial charge on any atom is 0.123 e. The van der Waals surface area contributed by atoms with Gasteiger partial charge in [-0.05, 0) is 62.4 Å². The molecule has 0 radical (unpaired) electrons. The molecule has 108 valence electrons. The lowest BCUT2D eigenvalue weighted by Gasteiger charge is -2.27. The fourth-order valence-corrected chi connectivity index (χ4v) is 2.89. The second-order valence-electron chi connectivity index (χ2n) is 5.51. The number of rotatable bonds is 8. The zero-order valence-electron chi connectivity index (χ0n) is 12.8. The van der Waals surface area contributed by atoms with Crippen molar-refractivity contribution in [2.75, 3.05) is 7.05 Å². The van der Waals surface area contributed by atoms with E-state index < -0.39 is 0 Å². The number of benzene rings is 1. The molecule has 1 N–H and O–H groups in total. The molecule has 0 heterocycles. The van der Waals surface area contributed by atoms with Crippen LogP contribution in [0.5, 0.6) is 0 Å². The van der Waals surface area contributed by atoms with E-state index in [9.17, 15) is 4.39 Å². The molecule has 0 aromatic heterocycles. The fraction of sp³-hybridized carbons (Fsp3) is 0.647. The second-order valence-corrected chi connectivity index (χ2v) is 5.51. The smallest absolute Gasteiger partial charge is 0.123 e. The SMILES string of the molecule is CCCC(CCC)C(Cc1cc(F)ccc1C)NC. The number of nitrogens with one attached hydrogen (secondary N) is 1. The van der Waals surface area contributed by atoms with Crippen molar-refractivity contribution >= 4 is 0 Å². The molecule has 0 aliphatic rings. The van der Waals surface area contributed by atoms with Crippen LogP contribution in [0.1, 0.15) is 50.7 Å². The van der Waals surface area contributed by atoms with E-state index in [-0.39, 0.29) is 5.82 Å².